The Morgan fingerprint density at radius 2 is 1.52 bits per heavy atom. The third-order valence-electron chi connectivity index (χ3n) is 8.30. The maximum Gasteiger partial charge on any atom is 0.0112 e. The largest absolute Gasteiger partial charge is 0.0879 e. The number of fused-ring (bicyclic) bond motifs is 1. The van der Waals surface area contributed by atoms with Crippen molar-refractivity contribution in [3.63, 3.8) is 0 Å². The van der Waals surface area contributed by atoms with Crippen LogP contribution < -0.4 is 0 Å². The Bertz CT molecular complexity index is 1000. The van der Waals surface area contributed by atoms with Crippen LogP contribution in [0.3, 0.4) is 0 Å². The molecule has 1 saturated carbocycles. The number of rotatable bonds is 6. The highest BCUT2D eigenvalue weighted by Crippen LogP contribution is 2.71. The summed E-state index contributed by atoms with van der Waals surface area (Å²) in [7, 11) is 0. The fourth-order valence-electron chi connectivity index (χ4n) is 6.39. The Morgan fingerprint density at radius 1 is 0.806 bits per heavy atom. The zero-order valence-electron chi connectivity index (χ0n) is 19.4. The van der Waals surface area contributed by atoms with Crippen molar-refractivity contribution in [1.29, 1.82) is 0 Å². The highest BCUT2D eigenvalue weighted by atomic mass is 14.6. The summed E-state index contributed by atoms with van der Waals surface area (Å²) >= 11 is 0. The van der Waals surface area contributed by atoms with Gasteiger partial charge in [0.1, 0.15) is 0 Å². The van der Waals surface area contributed by atoms with E-state index in [4.69, 9.17) is 0 Å². The van der Waals surface area contributed by atoms with Gasteiger partial charge < -0.3 is 0 Å². The summed E-state index contributed by atoms with van der Waals surface area (Å²) in [5.41, 5.74) is 8.20. The molecule has 0 nitrogen and oxygen atoms in total. The van der Waals surface area contributed by atoms with Crippen LogP contribution in [0.15, 0.2) is 90.0 Å². The normalized spacial score (nSPS) is 26.6. The fraction of sp³-hybridized carbons (Fsp3) is 0.419. The van der Waals surface area contributed by atoms with E-state index < -0.39 is 0 Å². The zero-order chi connectivity index (χ0) is 21.4. The predicted molar refractivity (Wildman–Crippen MR) is 132 cm³/mol. The fourth-order valence-corrected chi connectivity index (χ4v) is 6.39. The van der Waals surface area contributed by atoms with Crippen molar-refractivity contribution >= 4 is 0 Å². The molecule has 31 heavy (non-hydrogen) atoms. The molecule has 160 valence electrons. The summed E-state index contributed by atoms with van der Waals surface area (Å²) in [5.74, 6) is 2.47. The highest BCUT2D eigenvalue weighted by molar-refractivity contribution is 5.47. The molecule has 3 aliphatic rings. The number of hydrogen-bond acceptors (Lipinski definition) is 0. The molecule has 0 N–H and O–H groups in total. The lowest BCUT2D eigenvalue weighted by molar-refractivity contribution is 0.418. The third-order valence-corrected chi connectivity index (χ3v) is 8.30. The van der Waals surface area contributed by atoms with Crippen LogP contribution in [0.2, 0.25) is 0 Å². The summed E-state index contributed by atoms with van der Waals surface area (Å²) in [6.07, 6.45) is 15.9. The van der Waals surface area contributed by atoms with Gasteiger partial charge in [-0.2, -0.15) is 0 Å². The standard InChI is InChI=1S/C31H36/c1-22(2)30(26-13-9-6-10-14-26)27-17-15-24(16-18-27)23(3)31-20-19-28(29(31)21-31)25-11-7-4-5-8-12-25/h4-6,9-11,13-19,22-23,29-30H,7-8,12,20-21H2,1-3H3. The van der Waals surface area contributed by atoms with Crippen molar-refractivity contribution in [2.45, 2.75) is 64.7 Å². The second-order valence-electron chi connectivity index (χ2n) is 10.3. The summed E-state index contributed by atoms with van der Waals surface area (Å²) in [6, 6.07) is 20.7. The molecule has 2 aromatic carbocycles. The van der Waals surface area contributed by atoms with E-state index in [0.29, 0.717) is 23.2 Å². The molecule has 0 heteroatoms. The van der Waals surface area contributed by atoms with Crippen molar-refractivity contribution in [2.24, 2.45) is 17.3 Å². The molecule has 4 atom stereocenters. The molecule has 0 bridgehead atoms. The Hall–Kier alpha value is -2.34. The summed E-state index contributed by atoms with van der Waals surface area (Å²) in [6.45, 7) is 7.16. The molecule has 0 heterocycles. The summed E-state index contributed by atoms with van der Waals surface area (Å²) in [4.78, 5) is 0. The Kier molecular flexibility index (Phi) is 5.51. The molecular weight excluding hydrogens is 372 g/mol. The van der Waals surface area contributed by atoms with Gasteiger partial charge in [-0.3, -0.25) is 0 Å². The topological polar surface area (TPSA) is 0 Å². The summed E-state index contributed by atoms with van der Waals surface area (Å²) < 4.78 is 0. The van der Waals surface area contributed by atoms with Gasteiger partial charge in [-0.25, -0.2) is 0 Å². The van der Waals surface area contributed by atoms with Gasteiger partial charge in [-0.15, -0.1) is 0 Å². The second-order valence-corrected chi connectivity index (χ2v) is 10.3. The minimum atomic E-state index is 0.466. The molecule has 0 amide bonds. The van der Waals surface area contributed by atoms with Crippen LogP contribution in [-0.2, 0) is 0 Å². The summed E-state index contributed by atoms with van der Waals surface area (Å²) in [5, 5.41) is 0. The average molecular weight is 409 g/mol. The second kappa shape index (κ2) is 8.30. The molecule has 0 aromatic heterocycles. The first-order chi connectivity index (χ1) is 15.1. The van der Waals surface area contributed by atoms with Gasteiger partial charge in [-0.05, 0) is 83.1 Å². The van der Waals surface area contributed by atoms with Gasteiger partial charge in [0, 0.05) is 5.92 Å². The smallest absolute Gasteiger partial charge is 0.0112 e. The van der Waals surface area contributed by atoms with Crippen molar-refractivity contribution in [2.75, 3.05) is 0 Å². The van der Waals surface area contributed by atoms with Crippen molar-refractivity contribution in [1.82, 2.24) is 0 Å². The van der Waals surface area contributed by atoms with Crippen LogP contribution in [0.4, 0.5) is 0 Å². The predicted octanol–water partition coefficient (Wildman–Crippen LogP) is 8.58. The van der Waals surface area contributed by atoms with E-state index in [2.05, 4.69) is 99.7 Å². The van der Waals surface area contributed by atoms with E-state index in [1.165, 1.54) is 42.4 Å². The molecular formula is C31H36. The zero-order valence-corrected chi connectivity index (χ0v) is 19.4. The van der Waals surface area contributed by atoms with Crippen molar-refractivity contribution in [3.8, 4) is 0 Å². The highest BCUT2D eigenvalue weighted by Gasteiger charge is 2.61. The molecule has 0 spiro atoms. The van der Waals surface area contributed by atoms with Crippen LogP contribution in [0.5, 0.6) is 0 Å². The Morgan fingerprint density at radius 3 is 2.23 bits per heavy atom. The van der Waals surface area contributed by atoms with Crippen LogP contribution in [0.1, 0.15) is 81.4 Å². The molecule has 3 aliphatic carbocycles. The lowest BCUT2D eigenvalue weighted by Gasteiger charge is -2.25. The van der Waals surface area contributed by atoms with Crippen molar-refractivity contribution < 1.29 is 0 Å². The first-order valence-corrected chi connectivity index (χ1v) is 12.3. The van der Waals surface area contributed by atoms with Crippen LogP contribution >= 0.6 is 0 Å². The van der Waals surface area contributed by atoms with E-state index in [9.17, 15) is 0 Å². The van der Waals surface area contributed by atoms with Gasteiger partial charge in [0.15, 0.2) is 0 Å². The Balaban J connectivity index is 1.33. The molecule has 5 rings (SSSR count). The minimum Gasteiger partial charge on any atom is -0.0879 e. The Labute approximate surface area is 188 Å². The third kappa shape index (κ3) is 3.75. The molecule has 0 saturated heterocycles. The van der Waals surface area contributed by atoms with Crippen LogP contribution in [0, 0.1) is 17.3 Å². The number of benzene rings is 2. The van der Waals surface area contributed by atoms with Crippen LogP contribution in [-0.4, -0.2) is 0 Å². The first kappa shape index (κ1) is 20.6. The van der Waals surface area contributed by atoms with Gasteiger partial charge >= 0.3 is 0 Å². The SMILES string of the molecule is CC(C)C(c1ccccc1)c1ccc(C(C)C23CC=C(C4=CCC=CCC4)C2C3)cc1. The maximum absolute atomic E-state index is 2.58. The molecule has 0 radical (unpaired) electrons. The monoisotopic (exact) mass is 408 g/mol. The lowest BCUT2D eigenvalue weighted by atomic mass is 9.79. The van der Waals surface area contributed by atoms with E-state index in [1.807, 2.05) is 0 Å². The van der Waals surface area contributed by atoms with Gasteiger partial charge in [0.05, 0.1) is 0 Å². The molecule has 1 fully saturated rings. The quantitative estimate of drug-likeness (QED) is 0.420. The number of allylic oxidation sites excluding steroid dienone is 6. The van der Waals surface area contributed by atoms with E-state index in [0.717, 1.165) is 12.3 Å². The molecule has 0 aliphatic heterocycles. The average Bonchev–Trinajstić information content (AvgIpc) is 3.49. The molecule has 2 aromatic rings. The minimum absolute atomic E-state index is 0.466. The van der Waals surface area contributed by atoms with E-state index >= 15 is 0 Å². The van der Waals surface area contributed by atoms with E-state index in [-0.39, 0.29) is 0 Å². The van der Waals surface area contributed by atoms with Crippen LogP contribution in [0.25, 0.3) is 0 Å². The van der Waals surface area contributed by atoms with Gasteiger partial charge in [0.2, 0.25) is 0 Å². The maximum atomic E-state index is 2.58. The van der Waals surface area contributed by atoms with Gasteiger partial charge in [0.25, 0.3) is 0 Å². The van der Waals surface area contributed by atoms with Gasteiger partial charge in [-0.1, -0.05) is 99.7 Å². The first-order valence-electron chi connectivity index (χ1n) is 12.3. The lowest BCUT2D eigenvalue weighted by Crippen LogP contribution is -2.12. The van der Waals surface area contributed by atoms with E-state index in [1.54, 1.807) is 11.1 Å². The number of hydrogen-bond donors (Lipinski definition) is 0. The van der Waals surface area contributed by atoms with Crippen molar-refractivity contribution in [3.05, 3.63) is 107 Å². The molecule has 4 unspecified atom stereocenters.